The van der Waals surface area contributed by atoms with Gasteiger partial charge in [0.15, 0.2) is 0 Å². The molecule has 1 aromatic carbocycles. The summed E-state index contributed by atoms with van der Waals surface area (Å²) in [5, 5.41) is 3.48. The molecule has 0 saturated carbocycles. The standard InChI is InChI=1S/C15H20N2S/c1-4-13-5-6-14(9-11(13)2)16-8-7-15-12(3)17-10-18-15/h5-6,9-10,16H,4,7-8H2,1-3H3. The number of nitrogens with zero attached hydrogens (tertiary/aromatic N) is 1. The van der Waals surface area contributed by atoms with E-state index < -0.39 is 0 Å². The number of thiazole rings is 1. The zero-order valence-corrected chi connectivity index (χ0v) is 12.1. The van der Waals surface area contributed by atoms with Crippen molar-refractivity contribution < 1.29 is 0 Å². The predicted molar refractivity (Wildman–Crippen MR) is 79.6 cm³/mol. The van der Waals surface area contributed by atoms with Gasteiger partial charge in [0.05, 0.1) is 11.2 Å². The fourth-order valence-electron chi connectivity index (χ4n) is 2.09. The van der Waals surface area contributed by atoms with Gasteiger partial charge in [-0.05, 0) is 43.5 Å². The third-order valence-corrected chi connectivity index (χ3v) is 4.24. The molecule has 0 amide bonds. The first-order chi connectivity index (χ1) is 8.70. The van der Waals surface area contributed by atoms with Gasteiger partial charge >= 0.3 is 0 Å². The Bertz CT molecular complexity index is 517. The molecule has 2 aromatic rings. The second-order valence-corrected chi connectivity index (χ2v) is 5.47. The Morgan fingerprint density at radius 2 is 2.11 bits per heavy atom. The number of aryl methyl sites for hydroxylation is 3. The van der Waals surface area contributed by atoms with Gasteiger partial charge in [0, 0.05) is 23.5 Å². The Morgan fingerprint density at radius 3 is 2.72 bits per heavy atom. The number of rotatable bonds is 5. The van der Waals surface area contributed by atoms with Crippen molar-refractivity contribution in [3.63, 3.8) is 0 Å². The molecular formula is C15H20N2S. The number of benzene rings is 1. The van der Waals surface area contributed by atoms with Gasteiger partial charge in [0.25, 0.3) is 0 Å². The summed E-state index contributed by atoms with van der Waals surface area (Å²) < 4.78 is 0. The largest absolute Gasteiger partial charge is 0.385 e. The van der Waals surface area contributed by atoms with Crippen LogP contribution in [0.3, 0.4) is 0 Å². The molecule has 2 rings (SSSR count). The van der Waals surface area contributed by atoms with Crippen LogP contribution in [0.4, 0.5) is 5.69 Å². The van der Waals surface area contributed by atoms with Crippen LogP contribution in [0.5, 0.6) is 0 Å². The summed E-state index contributed by atoms with van der Waals surface area (Å²) >= 11 is 1.74. The van der Waals surface area contributed by atoms with Crippen LogP contribution >= 0.6 is 11.3 Å². The summed E-state index contributed by atoms with van der Waals surface area (Å²) in [7, 11) is 0. The third kappa shape index (κ3) is 3.10. The molecule has 0 aliphatic heterocycles. The van der Waals surface area contributed by atoms with Crippen molar-refractivity contribution in [3.8, 4) is 0 Å². The van der Waals surface area contributed by atoms with Crippen LogP contribution in [-0.4, -0.2) is 11.5 Å². The molecule has 0 aliphatic rings. The van der Waals surface area contributed by atoms with E-state index >= 15 is 0 Å². The van der Waals surface area contributed by atoms with Gasteiger partial charge in [-0.25, -0.2) is 4.98 Å². The highest BCUT2D eigenvalue weighted by molar-refractivity contribution is 7.09. The fraction of sp³-hybridized carbons (Fsp3) is 0.400. The van der Waals surface area contributed by atoms with Crippen molar-refractivity contribution in [2.24, 2.45) is 0 Å². The van der Waals surface area contributed by atoms with Crippen molar-refractivity contribution in [3.05, 3.63) is 45.4 Å². The van der Waals surface area contributed by atoms with Gasteiger partial charge in [-0.3, -0.25) is 0 Å². The van der Waals surface area contributed by atoms with Crippen molar-refractivity contribution >= 4 is 17.0 Å². The minimum absolute atomic E-state index is 0.966. The molecule has 3 heteroatoms. The van der Waals surface area contributed by atoms with E-state index in [0.717, 1.165) is 19.4 Å². The van der Waals surface area contributed by atoms with Crippen molar-refractivity contribution in [1.29, 1.82) is 0 Å². The lowest BCUT2D eigenvalue weighted by Crippen LogP contribution is -2.05. The SMILES string of the molecule is CCc1ccc(NCCc2scnc2C)cc1C. The molecule has 0 bridgehead atoms. The van der Waals surface area contributed by atoms with E-state index in [2.05, 4.69) is 49.3 Å². The fourth-order valence-corrected chi connectivity index (χ4v) is 2.87. The van der Waals surface area contributed by atoms with Crippen LogP contribution in [0.25, 0.3) is 0 Å². The first-order valence-electron chi connectivity index (χ1n) is 6.43. The van der Waals surface area contributed by atoms with Crippen LogP contribution in [0.15, 0.2) is 23.7 Å². The number of nitrogens with one attached hydrogen (secondary N) is 1. The summed E-state index contributed by atoms with van der Waals surface area (Å²) in [4.78, 5) is 5.65. The van der Waals surface area contributed by atoms with Crippen LogP contribution in [0.1, 0.15) is 28.6 Å². The zero-order valence-electron chi connectivity index (χ0n) is 11.3. The lowest BCUT2D eigenvalue weighted by Gasteiger charge is -2.09. The highest BCUT2D eigenvalue weighted by Gasteiger charge is 2.01. The van der Waals surface area contributed by atoms with Crippen LogP contribution in [-0.2, 0) is 12.8 Å². The molecule has 1 aromatic heterocycles. The smallest absolute Gasteiger partial charge is 0.0797 e. The van der Waals surface area contributed by atoms with E-state index in [1.807, 2.05) is 5.51 Å². The molecule has 0 spiro atoms. The van der Waals surface area contributed by atoms with Gasteiger partial charge in [-0.1, -0.05) is 13.0 Å². The average Bonchev–Trinajstić information content (AvgIpc) is 2.75. The van der Waals surface area contributed by atoms with Gasteiger partial charge in [0.2, 0.25) is 0 Å². The van der Waals surface area contributed by atoms with Crippen molar-refractivity contribution in [2.75, 3.05) is 11.9 Å². The molecular weight excluding hydrogens is 240 g/mol. The minimum atomic E-state index is 0.966. The molecule has 1 heterocycles. The highest BCUT2D eigenvalue weighted by atomic mass is 32.1. The Kier molecular flexibility index (Phi) is 4.37. The number of hydrogen-bond acceptors (Lipinski definition) is 3. The predicted octanol–water partition coefficient (Wildman–Crippen LogP) is 3.98. The van der Waals surface area contributed by atoms with Crippen molar-refractivity contribution in [1.82, 2.24) is 4.98 Å². The maximum Gasteiger partial charge on any atom is 0.0797 e. The molecule has 1 N–H and O–H groups in total. The Labute approximate surface area is 113 Å². The molecule has 18 heavy (non-hydrogen) atoms. The maximum absolute atomic E-state index is 4.27. The molecule has 0 fully saturated rings. The number of aromatic nitrogens is 1. The monoisotopic (exact) mass is 260 g/mol. The summed E-state index contributed by atoms with van der Waals surface area (Å²) in [6.07, 6.45) is 2.15. The molecule has 0 radical (unpaired) electrons. The quantitative estimate of drug-likeness (QED) is 0.879. The second-order valence-electron chi connectivity index (χ2n) is 4.53. The molecule has 2 nitrogen and oxygen atoms in total. The molecule has 0 aliphatic carbocycles. The zero-order chi connectivity index (χ0) is 13.0. The van der Waals surface area contributed by atoms with Gasteiger partial charge in [-0.15, -0.1) is 11.3 Å². The maximum atomic E-state index is 4.27. The second kappa shape index (κ2) is 6.01. The first-order valence-corrected chi connectivity index (χ1v) is 7.31. The van der Waals surface area contributed by atoms with Crippen LogP contribution < -0.4 is 5.32 Å². The Morgan fingerprint density at radius 1 is 1.28 bits per heavy atom. The van der Waals surface area contributed by atoms with Gasteiger partial charge in [-0.2, -0.15) is 0 Å². The summed E-state index contributed by atoms with van der Waals surface area (Å²) in [6, 6.07) is 6.62. The third-order valence-electron chi connectivity index (χ3n) is 3.25. The van der Waals surface area contributed by atoms with Gasteiger partial charge in [0.1, 0.15) is 0 Å². The van der Waals surface area contributed by atoms with Crippen molar-refractivity contribution in [2.45, 2.75) is 33.6 Å². The van der Waals surface area contributed by atoms with E-state index in [1.165, 1.54) is 27.4 Å². The molecule has 96 valence electrons. The summed E-state index contributed by atoms with van der Waals surface area (Å²) in [5.41, 5.74) is 7.10. The van der Waals surface area contributed by atoms with E-state index in [0.29, 0.717) is 0 Å². The molecule has 0 saturated heterocycles. The first kappa shape index (κ1) is 13.1. The summed E-state index contributed by atoms with van der Waals surface area (Å²) in [5.74, 6) is 0. The number of anilines is 1. The van der Waals surface area contributed by atoms with E-state index in [9.17, 15) is 0 Å². The average molecular weight is 260 g/mol. The minimum Gasteiger partial charge on any atom is -0.385 e. The lowest BCUT2D eigenvalue weighted by atomic mass is 10.1. The van der Waals surface area contributed by atoms with Crippen LogP contribution in [0, 0.1) is 13.8 Å². The Balaban J connectivity index is 1.91. The highest BCUT2D eigenvalue weighted by Crippen LogP contribution is 2.17. The van der Waals surface area contributed by atoms with Crippen LogP contribution in [0.2, 0.25) is 0 Å². The van der Waals surface area contributed by atoms with Gasteiger partial charge < -0.3 is 5.32 Å². The number of hydrogen-bond donors (Lipinski definition) is 1. The van der Waals surface area contributed by atoms with E-state index in [4.69, 9.17) is 0 Å². The molecule has 0 unspecified atom stereocenters. The molecule has 0 atom stereocenters. The van der Waals surface area contributed by atoms with E-state index in [-0.39, 0.29) is 0 Å². The Hall–Kier alpha value is -1.35. The summed E-state index contributed by atoms with van der Waals surface area (Å²) in [6.45, 7) is 7.42. The normalized spacial score (nSPS) is 10.6. The topological polar surface area (TPSA) is 24.9 Å². The van der Waals surface area contributed by atoms with E-state index in [1.54, 1.807) is 11.3 Å². The lowest BCUT2D eigenvalue weighted by molar-refractivity contribution is 1.01.